The van der Waals surface area contributed by atoms with Gasteiger partial charge in [-0.05, 0) is 36.4 Å². The Bertz CT molecular complexity index is 657. The maximum Gasteiger partial charge on any atom is 0.117 e. The van der Waals surface area contributed by atoms with Gasteiger partial charge in [-0.2, -0.15) is 0 Å². The molecule has 15 heavy (non-hydrogen) atoms. The number of phenolic OH excluding ortho intramolecular Hbond substituents is 1. The van der Waals surface area contributed by atoms with Crippen molar-refractivity contribution in [2.75, 3.05) is 0 Å². The first-order valence-electron chi connectivity index (χ1n) is 4.55. The zero-order valence-corrected chi connectivity index (χ0v) is 9.27. The number of rotatable bonds is 0. The normalized spacial score (nSPS) is 11.3. The Balaban J connectivity index is 2.53. The molecule has 1 aromatic heterocycles. The van der Waals surface area contributed by atoms with Crippen LogP contribution in [0, 0.1) is 0 Å². The third-order valence-electron chi connectivity index (χ3n) is 2.42. The minimum atomic E-state index is 0.306. The lowest BCUT2D eigenvalue weighted by molar-refractivity contribution is 0.476. The standard InChI is InChI=1S/C12H7ClOS/c13-7-1-4-11-10(5-7)9-3-2-8(14)6-12(9)15-11/h1-6,14H. The minimum Gasteiger partial charge on any atom is -0.508 e. The van der Waals surface area contributed by atoms with Crippen LogP contribution >= 0.6 is 22.9 Å². The molecule has 0 aliphatic heterocycles. The van der Waals surface area contributed by atoms with Gasteiger partial charge in [-0.1, -0.05) is 11.6 Å². The monoisotopic (exact) mass is 234 g/mol. The van der Waals surface area contributed by atoms with Crippen molar-refractivity contribution in [1.82, 2.24) is 0 Å². The molecule has 0 aliphatic carbocycles. The highest BCUT2D eigenvalue weighted by Crippen LogP contribution is 2.36. The van der Waals surface area contributed by atoms with Crippen LogP contribution in [-0.2, 0) is 0 Å². The van der Waals surface area contributed by atoms with Crippen molar-refractivity contribution in [3.05, 3.63) is 41.4 Å². The maximum absolute atomic E-state index is 9.39. The Hall–Kier alpha value is -1.25. The lowest BCUT2D eigenvalue weighted by Crippen LogP contribution is -1.67. The van der Waals surface area contributed by atoms with E-state index in [9.17, 15) is 5.11 Å². The molecule has 0 fully saturated rings. The molecule has 0 bridgehead atoms. The van der Waals surface area contributed by atoms with E-state index in [0.29, 0.717) is 5.75 Å². The van der Waals surface area contributed by atoms with E-state index in [4.69, 9.17) is 11.6 Å². The zero-order chi connectivity index (χ0) is 10.4. The lowest BCUT2D eigenvalue weighted by atomic mass is 10.1. The molecular formula is C12H7ClOS. The molecule has 0 radical (unpaired) electrons. The highest BCUT2D eigenvalue weighted by molar-refractivity contribution is 7.25. The van der Waals surface area contributed by atoms with Crippen molar-refractivity contribution in [3.63, 3.8) is 0 Å². The van der Waals surface area contributed by atoms with Crippen LogP contribution in [0.3, 0.4) is 0 Å². The average molecular weight is 235 g/mol. The molecule has 0 amide bonds. The van der Waals surface area contributed by atoms with Gasteiger partial charge in [-0.15, -0.1) is 11.3 Å². The van der Waals surface area contributed by atoms with Crippen LogP contribution in [0.2, 0.25) is 5.02 Å². The summed E-state index contributed by atoms with van der Waals surface area (Å²) in [5.74, 6) is 0.306. The van der Waals surface area contributed by atoms with Crippen molar-refractivity contribution < 1.29 is 5.11 Å². The number of hydrogen-bond donors (Lipinski definition) is 1. The second-order valence-corrected chi connectivity index (χ2v) is 4.94. The molecule has 74 valence electrons. The third kappa shape index (κ3) is 1.37. The Labute approximate surface area is 95.5 Å². The highest BCUT2D eigenvalue weighted by Gasteiger charge is 2.05. The zero-order valence-electron chi connectivity index (χ0n) is 7.70. The lowest BCUT2D eigenvalue weighted by Gasteiger charge is -1.93. The van der Waals surface area contributed by atoms with Gasteiger partial charge in [-0.3, -0.25) is 0 Å². The van der Waals surface area contributed by atoms with Gasteiger partial charge in [0.25, 0.3) is 0 Å². The summed E-state index contributed by atoms with van der Waals surface area (Å²) in [5, 5.41) is 12.4. The molecule has 3 rings (SSSR count). The first-order chi connectivity index (χ1) is 7.24. The largest absolute Gasteiger partial charge is 0.508 e. The number of thiophene rings is 1. The fourth-order valence-electron chi connectivity index (χ4n) is 1.74. The first-order valence-corrected chi connectivity index (χ1v) is 5.74. The number of benzene rings is 2. The summed E-state index contributed by atoms with van der Waals surface area (Å²) in [6.07, 6.45) is 0. The number of halogens is 1. The Morgan fingerprint density at radius 3 is 2.67 bits per heavy atom. The van der Waals surface area contributed by atoms with Gasteiger partial charge in [-0.25, -0.2) is 0 Å². The van der Waals surface area contributed by atoms with Crippen molar-refractivity contribution in [3.8, 4) is 5.75 Å². The number of phenols is 1. The Morgan fingerprint density at radius 2 is 1.80 bits per heavy atom. The summed E-state index contributed by atoms with van der Waals surface area (Å²) in [6, 6.07) is 11.3. The SMILES string of the molecule is Oc1ccc2c(c1)sc1ccc(Cl)cc12. The van der Waals surface area contributed by atoms with E-state index in [2.05, 4.69) is 0 Å². The molecule has 0 aliphatic rings. The fraction of sp³-hybridized carbons (Fsp3) is 0. The summed E-state index contributed by atoms with van der Waals surface area (Å²) in [4.78, 5) is 0. The quantitative estimate of drug-likeness (QED) is 0.611. The number of fused-ring (bicyclic) bond motifs is 3. The van der Waals surface area contributed by atoms with Crippen molar-refractivity contribution in [1.29, 1.82) is 0 Å². The van der Waals surface area contributed by atoms with E-state index in [1.807, 2.05) is 24.3 Å². The smallest absolute Gasteiger partial charge is 0.117 e. The topological polar surface area (TPSA) is 20.2 Å². The fourth-order valence-corrected chi connectivity index (χ4v) is 3.03. The summed E-state index contributed by atoms with van der Waals surface area (Å²) < 4.78 is 2.28. The molecule has 0 saturated heterocycles. The predicted octanol–water partition coefficient (Wildman–Crippen LogP) is 4.41. The van der Waals surface area contributed by atoms with Crippen molar-refractivity contribution >= 4 is 43.1 Å². The van der Waals surface area contributed by atoms with E-state index in [0.717, 1.165) is 20.5 Å². The Morgan fingerprint density at radius 1 is 0.933 bits per heavy atom. The molecule has 2 aromatic carbocycles. The Kier molecular flexibility index (Phi) is 1.87. The average Bonchev–Trinajstić information content (AvgIpc) is 2.54. The molecule has 3 heteroatoms. The van der Waals surface area contributed by atoms with Gasteiger partial charge in [0.1, 0.15) is 5.75 Å². The first kappa shape index (κ1) is 9.01. The van der Waals surface area contributed by atoms with E-state index >= 15 is 0 Å². The predicted molar refractivity (Wildman–Crippen MR) is 66.0 cm³/mol. The van der Waals surface area contributed by atoms with Gasteiger partial charge in [0, 0.05) is 25.2 Å². The summed E-state index contributed by atoms with van der Waals surface area (Å²) in [6.45, 7) is 0. The molecular weight excluding hydrogens is 228 g/mol. The van der Waals surface area contributed by atoms with Crippen LogP contribution in [0.15, 0.2) is 36.4 Å². The maximum atomic E-state index is 9.39. The second-order valence-electron chi connectivity index (χ2n) is 3.42. The number of aromatic hydroxyl groups is 1. The van der Waals surface area contributed by atoms with Gasteiger partial charge in [0.2, 0.25) is 0 Å². The van der Waals surface area contributed by atoms with E-state index in [-0.39, 0.29) is 0 Å². The molecule has 0 spiro atoms. The third-order valence-corrected chi connectivity index (χ3v) is 3.79. The second kappa shape index (κ2) is 3.12. The minimum absolute atomic E-state index is 0.306. The molecule has 0 atom stereocenters. The van der Waals surface area contributed by atoms with E-state index < -0.39 is 0 Å². The van der Waals surface area contributed by atoms with Crippen molar-refractivity contribution in [2.24, 2.45) is 0 Å². The molecule has 1 nitrogen and oxygen atoms in total. The summed E-state index contributed by atoms with van der Waals surface area (Å²) in [7, 11) is 0. The van der Waals surface area contributed by atoms with Gasteiger partial charge < -0.3 is 5.11 Å². The van der Waals surface area contributed by atoms with Gasteiger partial charge in [0.15, 0.2) is 0 Å². The summed E-state index contributed by atoms with van der Waals surface area (Å²) in [5.41, 5.74) is 0. The van der Waals surface area contributed by atoms with Crippen LogP contribution in [0.25, 0.3) is 20.2 Å². The van der Waals surface area contributed by atoms with Crippen LogP contribution in [0.4, 0.5) is 0 Å². The molecule has 3 aromatic rings. The molecule has 1 N–H and O–H groups in total. The van der Waals surface area contributed by atoms with Gasteiger partial charge >= 0.3 is 0 Å². The van der Waals surface area contributed by atoms with Crippen LogP contribution < -0.4 is 0 Å². The van der Waals surface area contributed by atoms with E-state index in [1.165, 1.54) is 4.70 Å². The highest BCUT2D eigenvalue weighted by atomic mass is 35.5. The number of hydrogen-bond acceptors (Lipinski definition) is 2. The molecule has 0 unspecified atom stereocenters. The van der Waals surface area contributed by atoms with E-state index in [1.54, 1.807) is 23.5 Å². The van der Waals surface area contributed by atoms with Crippen LogP contribution in [0.5, 0.6) is 5.75 Å². The summed E-state index contributed by atoms with van der Waals surface area (Å²) >= 11 is 7.63. The van der Waals surface area contributed by atoms with Crippen LogP contribution in [0.1, 0.15) is 0 Å². The van der Waals surface area contributed by atoms with Gasteiger partial charge in [0.05, 0.1) is 0 Å². The van der Waals surface area contributed by atoms with Crippen LogP contribution in [-0.4, -0.2) is 5.11 Å². The van der Waals surface area contributed by atoms with Crippen molar-refractivity contribution in [2.45, 2.75) is 0 Å². The molecule has 1 heterocycles. The molecule has 0 saturated carbocycles.